The number of hydrogen-bond donors (Lipinski definition) is 1. The minimum Gasteiger partial charge on any atom is -0.354 e. The zero-order valence-corrected chi connectivity index (χ0v) is 10.1. The van der Waals surface area contributed by atoms with E-state index in [0.717, 1.165) is 19.3 Å². The SMILES string of the molecule is CCCCCNc1nc(Cl)cc(C(F)(F)F)n1. The van der Waals surface area contributed by atoms with Crippen molar-refractivity contribution in [2.24, 2.45) is 0 Å². The van der Waals surface area contributed by atoms with Crippen molar-refractivity contribution in [3.05, 3.63) is 16.9 Å². The molecule has 0 saturated carbocycles. The monoisotopic (exact) mass is 267 g/mol. The van der Waals surface area contributed by atoms with Crippen molar-refractivity contribution in [1.29, 1.82) is 0 Å². The summed E-state index contributed by atoms with van der Waals surface area (Å²) in [6.45, 7) is 2.57. The van der Waals surface area contributed by atoms with E-state index < -0.39 is 11.9 Å². The molecule has 0 aliphatic heterocycles. The zero-order valence-electron chi connectivity index (χ0n) is 9.31. The van der Waals surface area contributed by atoms with Crippen molar-refractivity contribution in [3.8, 4) is 0 Å². The second kappa shape index (κ2) is 6.05. The smallest absolute Gasteiger partial charge is 0.354 e. The standard InChI is InChI=1S/C10H13ClF3N3/c1-2-3-4-5-15-9-16-7(10(12,13)14)6-8(11)17-9/h6H,2-5H2,1H3,(H,15,16,17). The van der Waals surface area contributed by atoms with Gasteiger partial charge in [0, 0.05) is 12.6 Å². The summed E-state index contributed by atoms with van der Waals surface area (Å²) in [5.74, 6) is -0.0825. The van der Waals surface area contributed by atoms with Crippen LogP contribution >= 0.6 is 11.6 Å². The van der Waals surface area contributed by atoms with Crippen LogP contribution in [0.5, 0.6) is 0 Å². The van der Waals surface area contributed by atoms with Gasteiger partial charge in [0.2, 0.25) is 5.95 Å². The van der Waals surface area contributed by atoms with Gasteiger partial charge in [-0.1, -0.05) is 31.4 Å². The molecule has 0 radical (unpaired) electrons. The van der Waals surface area contributed by atoms with Gasteiger partial charge in [-0.3, -0.25) is 0 Å². The average molecular weight is 268 g/mol. The summed E-state index contributed by atoms with van der Waals surface area (Å²) >= 11 is 5.51. The van der Waals surface area contributed by atoms with Crippen LogP contribution in [0.4, 0.5) is 19.1 Å². The Morgan fingerprint density at radius 3 is 2.59 bits per heavy atom. The van der Waals surface area contributed by atoms with E-state index in [0.29, 0.717) is 12.6 Å². The molecule has 0 unspecified atom stereocenters. The third kappa shape index (κ3) is 4.77. The average Bonchev–Trinajstić information content (AvgIpc) is 2.22. The lowest BCUT2D eigenvalue weighted by Crippen LogP contribution is -2.12. The van der Waals surface area contributed by atoms with Gasteiger partial charge >= 0.3 is 6.18 Å². The molecule has 0 fully saturated rings. The van der Waals surface area contributed by atoms with Crippen LogP contribution < -0.4 is 5.32 Å². The fraction of sp³-hybridized carbons (Fsp3) is 0.600. The third-order valence-electron chi connectivity index (χ3n) is 2.05. The van der Waals surface area contributed by atoms with E-state index in [1.165, 1.54) is 0 Å². The van der Waals surface area contributed by atoms with Crippen molar-refractivity contribution in [1.82, 2.24) is 9.97 Å². The van der Waals surface area contributed by atoms with Crippen LogP contribution in [0, 0.1) is 0 Å². The number of alkyl halides is 3. The number of nitrogens with one attached hydrogen (secondary N) is 1. The molecule has 0 atom stereocenters. The highest BCUT2D eigenvalue weighted by molar-refractivity contribution is 6.29. The van der Waals surface area contributed by atoms with Gasteiger partial charge in [-0.15, -0.1) is 0 Å². The Labute approximate surface area is 102 Å². The van der Waals surface area contributed by atoms with Gasteiger partial charge in [0.05, 0.1) is 0 Å². The van der Waals surface area contributed by atoms with Gasteiger partial charge in [0.15, 0.2) is 5.69 Å². The normalized spacial score (nSPS) is 11.6. The number of unbranched alkanes of at least 4 members (excludes halogenated alkanes) is 2. The minimum absolute atomic E-state index is 0.0825. The van der Waals surface area contributed by atoms with E-state index in [-0.39, 0.29) is 11.1 Å². The van der Waals surface area contributed by atoms with Crippen molar-refractivity contribution in [3.63, 3.8) is 0 Å². The van der Waals surface area contributed by atoms with Crippen LogP contribution in [0.15, 0.2) is 6.07 Å². The van der Waals surface area contributed by atoms with Crippen molar-refractivity contribution < 1.29 is 13.2 Å². The molecule has 0 saturated heterocycles. The molecule has 0 aromatic carbocycles. The van der Waals surface area contributed by atoms with E-state index in [1.807, 2.05) is 6.92 Å². The maximum absolute atomic E-state index is 12.4. The largest absolute Gasteiger partial charge is 0.433 e. The van der Waals surface area contributed by atoms with Gasteiger partial charge in [-0.05, 0) is 6.42 Å². The van der Waals surface area contributed by atoms with Crippen LogP contribution in [-0.2, 0) is 6.18 Å². The second-order valence-corrected chi connectivity index (χ2v) is 3.92. The van der Waals surface area contributed by atoms with Crippen LogP contribution in [0.3, 0.4) is 0 Å². The van der Waals surface area contributed by atoms with E-state index >= 15 is 0 Å². The quantitative estimate of drug-likeness (QED) is 0.652. The molecule has 1 aromatic heterocycles. The Morgan fingerprint density at radius 2 is 2.00 bits per heavy atom. The summed E-state index contributed by atoms with van der Waals surface area (Å²) in [5, 5.41) is 2.51. The van der Waals surface area contributed by atoms with Gasteiger partial charge < -0.3 is 5.32 Å². The number of hydrogen-bond acceptors (Lipinski definition) is 3. The second-order valence-electron chi connectivity index (χ2n) is 3.53. The first-order chi connectivity index (χ1) is 7.93. The number of rotatable bonds is 5. The summed E-state index contributed by atoms with van der Waals surface area (Å²) in [7, 11) is 0. The Morgan fingerprint density at radius 1 is 1.29 bits per heavy atom. The Balaban J connectivity index is 2.69. The molecular formula is C10H13ClF3N3. The Bertz CT molecular complexity index is 368. The van der Waals surface area contributed by atoms with Gasteiger partial charge in [0.1, 0.15) is 5.15 Å². The molecule has 1 N–H and O–H groups in total. The van der Waals surface area contributed by atoms with E-state index in [4.69, 9.17) is 11.6 Å². The summed E-state index contributed by atoms with van der Waals surface area (Å²) in [4.78, 5) is 7.06. The number of aromatic nitrogens is 2. The van der Waals surface area contributed by atoms with Crippen molar-refractivity contribution in [2.45, 2.75) is 32.4 Å². The number of halogens is 4. The summed E-state index contributed by atoms with van der Waals surface area (Å²) in [5.41, 5.74) is -1.03. The molecule has 1 rings (SSSR count). The predicted octanol–water partition coefficient (Wildman–Crippen LogP) is 3.75. The highest BCUT2D eigenvalue weighted by Crippen LogP contribution is 2.29. The Kier molecular flexibility index (Phi) is 4.99. The number of nitrogens with zero attached hydrogens (tertiary/aromatic N) is 2. The lowest BCUT2D eigenvalue weighted by molar-refractivity contribution is -0.141. The molecule has 96 valence electrons. The summed E-state index contributed by atoms with van der Waals surface area (Å²) in [6.07, 6.45) is -1.62. The topological polar surface area (TPSA) is 37.8 Å². The van der Waals surface area contributed by atoms with Gasteiger partial charge in [-0.2, -0.15) is 13.2 Å². The van der Waals surface area contributed by atoms with Crippen molar-refractivity contribution in [2.75, 3.05) is 11.9 Å². The molecule has 0 aliphatic carbocycles. The van der Waals surface area contributed by atoms with Crippen LogP contribution in [0.1, 0.15) is 31.9 Å². The maximum Gasteiger partial charge on any atom is 0.433 e. The molecule has 0 amide bonds. The molecular weight excluding hydrogens is 255 g/mol. The van der Waals surface area contributed by atoms with Gasteiger partial charge in [0.25, 0.3) is 0 Å². The van der Waals surface area contributed by atoms with Crippen LogP contribution in [-0.4, -0.2) is 16.5 Å². The first-order valence-electron chi connectivity index (χ1n) is 5.29. The molecule has 1 heterocycles. The molecule has 0 aliphatic rings. The molecule has 0 spiro atoms. The molecule has 7 heteroatoms. The third-order valence-corrected chi connectivity index (χ3v) is 2.24. The molecule has 0 bridgehead atoms. The van der Waals surface area contributed by atoms with Crippen LogP contribution in [0.25, 0.3) is 0 Å². The highest BCUT2D eigenvalue weighted by atomic mass is 35.5. The first-order valence-corrected chi connectivity index (χ1v) is 5.67. The molecule has 3 nitrogen and oxygen atoms in total. The maximum atomic E-state index is 12.4. The lowest BCUT2D eigenvalue weighted by atomic mass is 10.2. The predicted molar refractivity (Wildman–Crippen MR) is 60.1 cm³/mol. The minimum atomic E-state index is -4.51. The Hall–Kier alpha value is -1.04. The molecule has 1 aromatic rings. The number of anilines is 1. The van der Waals surface area contributed by atoms with E-state index in [1.54, 1.807) is 0 Å². The fourth-order valence-corrected chi connectivity index (χ4v) is 1.40. The first kappa shape index (κ1) is 14.0. The molecule has 17 heavy (non-hydrogen) atoms. The fourth-order valence-electron chi connectivity index (χ4n) is 1.22. The van der Waals surface area contributed by atoms with Crippen LogP contribution in [0.2, 0.25) is 5.15 Å². The zero-order chi connectivity index (χ0) is 12.9. The van der Waals surface area contributed by atoms with E-state index in [2.05, 4.69) is 15.3 Å². The van der Waals surface area contributed by atoms with E-state index in [9.17, 15) is 13.2 Å². The summed E-state index contributed by atoms with van der Waals surface area (Å²) in [6, 6.07) is 0.707. The van der Waals surface area contributed by atoms with Crippen molar-refractivity contribution >= 4 is 17.5 Å². The summed E-state index contributed by atoms with van der Waals surface area (Å²) < 4.78 is 37.2. The highest BCUT2D eigenvalue weighted by Gasteiger charge is 2.33. The lowest BCUT2D eigenvalue weighted by Gasteiger charge is -2.09. The van der Waals surface area contributed by atoms with Gasteiger partial charge in [-0.25, -0.2) is 9.97 Å².